The zero-order valence-electron chi connectivity index (χ0n) is 8.41. The molecule has 0 aromatic heterocycles. The van der Waals surface area contributed by atoms with Crippen molar-refractivity contribution in [2.24, 2.45) is 11.8 Å². The van der Waals surface area contributed by atoms with Gasteiger partial charge in [0.15, 0.2) is 9.84 Å². The van der Waals surface area contributed by atoms with E-state index in [0.717, 1.165) is 11.8 Å². The van der Waals surface area contributed by atoms with E-state index < -0.39 is 9.84 Å². The maximum atomic E-state index is 11.3. The Hall–Kier alpha value is 0.390. The van der Waals surface area contributed by atoms with Crippen molar-refractivity contribution in [2.75, 3.05) is 30.0 Å². The van der Waals surface area contributed by atoms with Gasteiger partial charge < -0.3 is 4.74 Å². The largest absolute Gasteiger partial charge is 0.381 e. The predicted octanol–water partition coefficient (Wildman–Crippen LogP) is 1.47. The lowest BCUT2D eigenvalue weighted by atomic mass is 9.94. The van der Waals surface area contributed by atoms with Crippen molar-refractivity contribution in [1.82, 2.24) is 0 Å². The van der Waals surface area contributed by atoms with Gasteiger partial charge in [-0.2, -0.15) is 0 Å². The molecular weight excluding hydrogens is 268 g/mol. The maximum Gasteiger partial charge on any atom is 0.150 e. The van der Waals surface area contributed by atoms with Crippen LogP contribution in [0.1, 0.15) is 13.3 Å². The van der Waals surface area contributed by atoms with Crippen molar-refractivity contribution in [3.63, 3.8) is 0 Å². The predicted molar refractivity (Wildman–Crippen MR) is 60.5 cm³/mol. The summed E-state index contributed by atoms with van der Waals surface area (Å²) in [4.78, 5) is 0. The fraction of sp³-hybridized carbons (Fsp3) is 1.00. The van der Waals surface area contributed by atoms with Crippen molar-refractivity contribution in [2.45, 2.75) is 13.3 Å². The van der Waals surface area contributed by atoms with Crippen LogP contribution >= 0.6 is 15.9 Å². The molecule has 0 aliphatic carbocycles. The lowest BCUT2D eigenvalue weighted by Crippen LogP contribution is -2.22. The molecule has 14 heavy (non-hydrogen) atoms. The van der Waals surface area contributed by atoms with Crippen LogP contribution in [0.5, 0.6) is 0 Å². The first-order valence-corrected chi connectivity index (χ1v) is 7.87. The lowest BCUT2D eigenvalue weighted by molar-refractivity contribution is 0.100. The van der Waals surface area contributed by atoms with Gasteiger partial charge in [0.2, 0.25) is 0 Å². The third-order valence-electron chi connectivity index (χ3n) is 2.67. The minimum Gasteiger partial charge on any atom is -0.381 e. The van der Waals surface area contributed by atoms with Crippen LogP contribution in [0.2, 0.25) is 0 Å². The van der Waals surface area contributed by atoms with Gasteiger partial charge in [0, 0.05) is 11.9 Å². The molecule has 0 aromatic rings. The highest BCUT2D eigenvalue weighted by Gasteiger charge is 2.33. The zero-order chi connectivity index (χ0) is 10.6. The third kappa shape index (κ3) is 3.51. The maximum absolute atomic E-state index is 11.3. The summed E-state index contributed by atoms with van der Waals surface area (Å²) >= 11 is 3.42. The standard InChI is InChI=1S/C9H17BrO3S/c1-2-13-6-9(5-10)8-3-4-14(11,12)7-8/h8-9H,2-7H2,1H3. The van der Waals surface area contributed by atoms with Gasteiger partial charge in [-0.1, -0.05) is 15.9 Å². The molecule has 1 rings (SSSR count). The highest BCUT2D eigenvalue weighted by atomic mass is 79.9. The first kappa shape index (κ1) is 12.5. The number of rotatable bonds is 5. The molecule has 1 fully saturated rings. The summed E-state index contributed by atoms with van der Waals surface area (Å²) < 4.78 is 27.9. The summed E-state index contributed by atoms with van der Waals surface area (Å²) in [5.74, 6) is 1.32. The first-order chi connectivity index (χ1) is 6.59. The number of ether oxygens (including phenoxy) is 1. The molecule has 84 valence electrons. The molecule has 5 heteroatoms. The van der Waals surface area contributed by atoms with Crippen molar-refractivity contribution in [3.05, 3.63) is 0 Å². The van der Waals surface area contributed by atoms with Gasteiger partial charge in [0.1, 0.15) is 0 Å². The van der Waals surface area contributed by atoms with Crippen LogP contribution in [0, 0.1) is 11.8 Å². The van der Waals surface area contributed by atoms with E-state index in [1.54, 1.807) is 0 Å². The first-order valence-electron chi connectivity index (χ1n) is 4.93. The van der Waals surface area contributed by atoms with Gasteiger partial charge in [0.05, 0.1) is 18.1 Å². The molecule has 0 N–H and O–H groups in total. The Balaban J connectivity index is 2.46. The topological polar surface area (TPSA) is 43.4 Å². The molecule has 2 atom stereocenters. The molecule has 1 heterocycles. The van der Waals surface area contributed by atoms with Gasteiger partial charge >= 0.3 is 0 Å². The smallest absolute Gasteiger partial charge is 0.150 e. The van der Waals surface area contributed by atoms with Crippen LogP contribution in [-0.2, 0) is 14.6 Å². The Morgan fingerprint density at radius 3 is 2.71 bits per heavy atom. The number of hydrogen-bond donors (Lipinski definition) is 0. The van der Waals surface area contributed by atoms with Crippen LogP contribution in [-0.4, -0.2) is 38.5 Å². The van der Waals surface area contributed by atoms with E-state index >= 15 is 0 Å². The fourth-order valence-electron chi connectivity index (χ4n) is 1.77. The van der Waals surface area contributed by atoms with Crippen LogP contribution < -0.4 is 0 Å². The average Bonchev–Trinajstić information content (AvgIpc) is 2.48. The normalized spacial score (nSPS) is 27.7. The van der Waals surface area contributed by atoms with Crippen LogP contribution in [0.25, 0.3) is 0 Å². The van der Waals surface area contributed by atoms with E-state index in [0.29, 0.717) is 30.6 Å². The molecule has 0 amide bonds. The number of hydrogen-bond acceptors (Lipinski definition) is 3. The van der Waals surface area contributed by atoms with Crippen molar-refractivity contribution in [3.8, 4) is 0 Å². The van der Waals surface area contributed by atoms with Crippen molar-refractivity contribution >= 4 is 25.8 Å². The molecule has 0 bridgehead atoms. The van der Waals surface area contributed by atoms with Gasteiger partial charge in [-0.25, -0.2) is 8.42 Å². The summed E-state index contributed by atoms with van der Waals surface area (Å²) in [7, 11) is -2.75. The van der Waals surface area contributed by atoms with E-state index in [1.807, 2.05) is 6.92 Å². The Morgan fingerprint density at radius 1 is 1.57 bits per heavy atom. The van der Waals surface area contributed by atoms with Crippen LogP contribution in [0.4, 0.5) is 0 Å². The Labute approximate surface area is 94.3 Å². The molecule has 0 radical (unpaired) electrons. The van der Waals surface area contributed by atoms with Crippen LogP contribution in [0.3, 0.4) is 0 Å². The number of sulfone groups is 1. The second-order valence-electron chi connectivity index (χ2n) is 3.74. The quantitative estimate of drug-likeness (QED) is 0.718. The van der Waals surface area contributed by atoms with E-state index in [4.69, 9.17) is 4.74 Å². The minimum atomic E-state index is -2.75. The monoisotopic (exact) mass is 284 g/mol. The van der Waals surface area contributed by atoms with Gasteiger partial charge in [-0.05, 0) is 25.2 Å². The summed E-state index contributed by atoms with van der Waals surface area (Å²) in [6.07, 6.45) is 0.797. The van der Waals surface area contributed by atoms with Gasteiger partial charge in [-0.3, -0.25) is 0 Å². The summed E-state index contributed by atoms with van der Waals surface area (Å²) in [5, 5.41) is 0.827. The second kappa shape index (κ2) is 5.47. The molecular formula is C9H17BrO3S. The summed E-state index contributed by atoms with van der Waals surface area (Å²) in [6.45, 7) is 3.32. The van der Waals surface area contributed by atoms with Crippen molar-refractivity contribution in [1.29, 1.82) is 0 Å². The molecule has 1 saturated heterocycles. The third-order valence-corrected chi connectivity index (χ3v) is 5.29. The number of alkyl halides is 1. The fourth-order valence-corrected chi connectivity index (χ4v) is 4.41. The average molecular weight is 285 g/mol. The van der Waals surface area contributed by atoms with Gasteiger partial charge in [-0.15, -0.1) is 0 Å². The molecule has 0 aromatic carbocycles. The molecule has 0 saturated carbocycles. The van der Waals surface area contributed by atoms with E-state index in [2.05, 4.69) is 15.9 Å². The van der Waals surface area contributed by atoms with Crippen LogP contribution in [0.15, 0.2) is 0 Å². The Kier molecular flexibility index (Phi) is 4.87. The zero-order valence-corrected chi connectivity index (χ0v) is 10.8. The van der Waals surface area contributed by atoms with Gasteiger partial charge in [0.25, 0.3) is 0 Å². The Morgan fingerprint density at radius 2 is 2.29 bits per heavy atom. The highest BCUT2D eigenvalue weighted by Crippen LogP contribution is 2.27. The summed E-state index contributed by atoms with van der Waals surface area (Å²) in [6, 6.07) is 0. The van der Waals surface area contributed by atoms with E-state index in [9.17, 15) is 8.42 Å². The molecule has 2 unspecified atom stereocenters. The van der Waals surface area contributed by atoms with E-state index in [-0.39, 0.29) is 5.92 Å². The van der Waals surface area contributed by atoms with E-state index in [1.165, 1.54) is 0 Å². The Bertz CT molecular complexity index is 263. The molecule has 1 aliphatic heterocycles. The highest BCUT2D eigenvalue weighted by molar-refractivity contribution is 9.09. The molecule has 1 aliphatic rings. The molecule has 0 spiro atoms. The van der Waals surface area contributed by atoms with Crippen molar-refractivity contribution < 1.29 is 13.2 Å². The lowest BCUT2D eigenvalue weighted by Gasteiger charge is -2.19. The SMILES string of the molecule is CCOCC(CBr)C1CCS(=O)(=O)C1. The molecule has 3 nitrogen and oxygen atoms in total. The second-order valence-corrected chi connectivity index (χ2v) is 6.61. The summed E-state index contributed by atoms with van der Waals surface area (Å²) in [5.41, 5.74) is 0. The minimum absolute atomic E-state index is 0.283. The number of halogens is 1.